The molecule has 2 fully saturated rings. The summed E-state index contributed by atoms with van der Waals surface area (Å²) < 4.78 is 0. The van der Waals surface area contributed by atoms with Crippen LogP contribution >= 0.6 is 11.6 Å². The highest BCUT2D eigenvalue weighted by atomic mass is 35.5. The predicted molar refractivity (Wildman–Crippen MR) is 149 cm³/mol. The van der Waals surface area contributed by atoms with Gasteiger partial charge in [0.15, 0.2) is 28.4 Å². The number of piperidine rings is 1. The van der Waals surface area contributed by atoms with Gasteiger partial charge in [-0.15, -0.1) is 0 Å². The van der Waals surface area contributed by atoms with E-state index in [2.05, 4.69) is 37.3 Å². The van der Waals surface area contributed by atoms with Crippen LogP contribution < -0.4 is 21.3 Å². The van der Waals surface area contributed by atoms with E-state index in [1.807, 2.05) is 36.1 Å². The second-order valence-corrected chi connectivity index (χ2v) is 10.1. The van der Waals surface area contributed by atoms with E-state index in [1.165, 1.54) is 7.05 Å². The summed E-state index contributed by atoms with van der Waals surface area (Å²) in [5, 5.41) is 12.5. The molecule has 11 nitrogen and oxygen atoms in total. The van der Waals surface area contributed by atoms with Crippen LogP contribution in [-0.2, 0) is 0 Å². The first-order chi connectivity index (χ1) is 18.2. The van der Waals surface area contributed by atoms with Crippen LogP contribution in [0.25, 0.3) is 0 Å². The van der Waals surface area contributed by atoms with E-state index in [0.29, 0.717) is 24.9 Å². The quantitative estimate of drug-likeness (QED) is 0.333. The number of carbonyl (C=O) groups excluding carboxylic acids is 2. The summed E-state index contributed by atoms with van der Waals surface area (Å²) in [5.41, 5.74) is 7.84. The lowest BCUT2D eigenvalue weighted by Crippen LogP contribution is -2.58. The Labute approximate surface area is 228 Å². The molecule has 1 atom stereocenters. The number of nitrogens with two attached hydrogens (primary N) is 1. The Morgan fingerprint density at radius 3 is 2.45 bits per heavy atom. The molecule has 0 aliphatic carbocycles. The van der Waals surface area contributed by atoms with E-state index in [0.717, 1.165) is 50.0 Å². The third-order valence-electron chi connectivity index (χ3n) is 7.39. The number of hydrogen-bond acceptors (Lipinski definition) is 8. The van der Waals surface area contributed by atoms with Gasteiger partial charge in [0.25, 0.3) is 11.8 Å². The van der Waals surface area contributed by atoms with Gasteiger partial charge in [-0.25, -0.2) is 9.97 Å². The molecular weight excluding hydrogens is 506 g/mol. The van der Waals surface area contributed by atoms with Crippen molar-refractivity contribution in [1.82, 2.24) is 30.4 Å². The van der Waals surface area contributed by atoms with Crippen molar-refractivity contribution in [2.24, 2.45) is 0 Å². The molecule has 0 unspecified atom stereocenters. The summed E-state index contributed by atoms with van der Waals surface area (Å²) in [4.78, 5) is 40.5. The molecule has 0 radical (unpaired) electrons. The number of halogens is 1. The van der Waals surface area contributed by atoms with Gasteiger partial charge in [-0.2, -0.15) is 0 Å². The van der Waals surface area contributed by atoms with Crippen LogP contribution in [0.1, 0.15) is 52.6 Å². The third kappa shape index (κ3) is 5.99. The number of likely N-dealkylation sites (tertiary alicyclic amines) is 1. The highest BCUT2D eigenvalue weighted by Gasteiger charge is 2.35. The Bertz CT molecular complexity index is 1180. The van der Waals surface area contributed by atoms with Crippen LogP contribution in [0.15, 0.2) is 24.3 Å². The molecule has 12 heteroatoms. The fourth-order valence-electron chi connectivity index (χ4n) is 5.21. The van der Waals surface area contributed by atoms with Crippen molar-refractivity contribution in [2.75, 3.05) is 50.4 Å². The number of aryl methyl sites for hydroxylation is 1. The molecule has 3 heterocycles. The average Bonchev–Trinajstić information content (AvgIpc) is 2.93. The van der Waals surface area contributed by atoms with Crippen LogP contribution in [0.2, 0.25) is 5.15 Å². The molecule has 0 saturated carbocycles. The summed E-state index contributed by atoms with van der Waals surface area (Å²) >= 11 is 6.46. The van der Waals surface area contributed by atoms with Gasteiger partial charge in [-0.05, 0) is 38.3 Å². The van der Waals surface area contributed by atoms with Crippen molar-refractivity contribution in [1.29, 1.82) is 5.41 Å². The molecule has 1 aromatic heterocycles. The Balaban J connectivity index is 1.38. The maximum Gasteiger partial charge on any atom is 0.280 e. The van der Waals surface area contributed by atoms with Crippen LogP contribution in [0.5, 0.6) is 0 Å². The number of piperazine rings is 1. The number of nitrogens with zero attached hydrogens (tertiary/aromatic N) is 5. The molecule has 38 heavy (non-hydrogen) atoms. The minimum atomic E-state index is -0.647. The second-order valence-electron chi connectivity index (χ2n) is 9.79. The van der Waals surface area contributed by atoms with Crippen LogP contribution in [0.4, 0.5) is 11.6 Å². The first-order valence-corrected chi connectivity index (χ1v) is 13.4. The first kappa shape index (κ1) is 27.6. The molecule has 1 aromatic carbocycles. The number of hydrogen-bond donors (Lipinski definition) is 4. The molecular formula is C26H36ClN9O2. The predicted octanol–water partition coefficient (Wildman–Crippen LogP) is 2.11. The molecule has 2 aliphatic rings. The summed E-state index contributed by atoms with van der Waals surface area (Å²) in [6.45, 7) is 7.92. The summed E-state index contributed by atoms with van der Waals surface area (Å²) in [6, 6.07) is 8.46. The number of carbonyl (C=O) groups is 2. The zero-order valence-electron chi connectivity index (χ0n) is 22.1. The molecule has 204 valence electrons. The number of benzene rings is 1. The summed E-state index contributed by atoms with van der Waals surface area (Å²) in [7, 11) is 1.52. The fraction of sp³-hybridized carbons (Fsp3) is 0.500. The maximum absolute atomic E-state index is 12.9. The Hall–Kier alpha value is -3.44. The van der Waals surface area contributed by atoms with Gasteiger partial charge in [0.2, 0.25) is 0 Å². The smallest absolute Gasteiger partial charge is 0.280 e. The Kier molecular flexibility index (Phi) is 8.68. The number of nitrogens with one attached hydrogen (secondary N) is 3. The Morgan fingerprint density at radius 1 is 1.13 bits per heavy atom. The molecule has 4 rings (SSSR count). The largest absolute Gasteiger partial charge is 0.382 e. The van der Waals surface area contributed by atoms with Crippen molar-refractivity contribution < 1.29 is 9.59 Å². The third-order valence-corrected chi connectivity index (χ3v) is 7.64. The number of guanidine groups is 1. The van der Waals surface area contributed by atoms with E-state index in [4.69, 9.17) is 22.7 Å². The zero-order chi connectivity index (χ0) is 27.4. The van der Waals surface area contributed by atoms with E-state index in [-0.39, 0.29) is 34.6 Å². The molecule has 5 N–H and O–H groups in total. The van der Waals surface area contributed by atoms with Crippen molar-refractivity contribution in [3.63, 3.8) is 0 Å². The summed E-state index contributed by atoms with van der Waals surface area (Å²) in [6.07, 6.45) is 2.83. The van der Waals surface area contributed by atoms with Crippen LogP contribution in [0, 0.1) is 12.3 Å². The van der Waals surface area contributed by atoms with Crippen molar-refractivity contribution in [3.05, 3.63) is 46.2 Å². The summed E-state index contributed by atoms with van der Waals surface area (Å²) in [5.74, 6) is -0.297. The normalized spacial score (nSPS) is 18.8. The Morgan fingerprint density at radius 2 is 1.82 bits per heavy atom. The molecule has 0 spiro atoms. The molecule has 2 saturated heterocycles. The van der Waals surface area contributed by atoms with E-state index in [1.54, 1.807) is 0 Å². The van der Waals surface area contributed by atoms with Crippen molar-refractivity contribution in [2.45, 2.75) is 45.2 Å². The number of anilines is 2. The lowest BCUT2D eigenvalue weighted by molar-refractivity contribution is 0.0490. The molecule has 2 amide bonds. The zero-order valence-corrected chi connectivity index (χ0v) is 22.9. The maximum atomic E-state index is 12.9. The highest BCUT2D eigenvalue weighted by molar-refractivity contribution is 6.32. The number of amides is 2. The van der Waals surface area contributed by atoms with Gasteiger partial charge in [0.05, 0.1) is 0 Å². The van der Waals surface area contributed by atoms with Gasteiger partial charge in [0, 0.05) is 57.4 Å². The fourth-order valence-corrected chi connectivity index (χ4v) is 5.45. The standard InChI is InChI=1S/C26H36ClN9O2/c1-4-18-15-35(23-21(27)31-20(22(28)32-23)24(37)33-26(29)30-3)13-14-36(18)19-9-11-34(12-10-19)25(38)17-7-5-16(2)6-8-17/h5-8,18-19H,4,9-15H2,1-3H3,(H2,28,32)(H3,29,30,33,37)/t18-/m0/s1. The number of aromatic nitrogens is 2. The number of rotatable bonds is 5. The highest BCUT2D eigenvalue weighted by Crippen LogP contribution is 2.30. The number of nitrogen functional groups attached to an aromatic ring is 1. The van der Waals surface area contributed by atoms with Gasteiger partial charge in [0.1, 0.15) is 0 Å². The topological polar surface area (TPSA) is 144 Å². The molecule has 2 aliphatic heterocycles. The lowest BCUT2D eigenvalue weighted by atomic mass is 9.97. The molecule has 2 aromatic rings. The monoisotopic (exact) mass is 541 g/mol. The van der Waals surface area contributed by atoms with Gasteiger partial charge >= 0.3 is 0 Å². The van der Waals surface area contributed by atoms with Crippen LogP contribution in [0.3, 0.4) is 0 Å². The van der Waals surface area contributed by atoms with Gasteiger partial charge < -0.3 is 20.9 Å². The second kappa shape index (κ2) is 12.0. The van der Waals surface area contributed by atoms with Crippen molar-refractivity contribution in [3.8, 4) is 0 Å². The minimum Gasteiger partial charge on any atom is -0.382 e. The first-order valence-electron chi connectivity index (χ1n) is 13.0. The molecule has 0 bridgehead atoms. The lowest BCUT2D eigenvalue weighted by Gasteiger charge is -2.47. The van der Waals surface area contributed by atoms with E-state index < -0.39 is 5.91 Å². The SMILES string of the molecule is CC[C@H]1CN(c2nc(N)c(C(=O)NC(=N)NC)nc2Cl)CCN1C1CCN(C(=O)c2ccc(C)cc2)CC1. The van der Waals surface area contributed by atoms with Crippen molar-refractivity contribution >= 4 is 41.0 Å². The van der Waals surface area contributed by atoms with E-state index >= 15 is 0 Å². The van der Waals surface area contributed by atoms with Gasteiger partial charge in [-0.1, -0.05) is 36.2 Å². The van der Waals surface area contributed by atoms with Gasteiger partial charge in [-0.3, -0.25) is 25.2 Å². The van der Waals surface area contributed by atoms with E-state index in [9.17, 15) is 9.59 Å². The average molecular weight is 542 g/mol. The van der Waals surface area contributed by atoms with Crippen LogP contribution in [-0.4, -0.2) is 89.4 Å². The minimum absolute atomic E-state index is 0.0353.